The number of benzene rings is 1. The van der Waals surface area contributed by atoms with Crippen LogP contribution in [0.25, 0.3) is 0 Å². The Morgan fingerprint density at radius 2 is 2.06 bits per heavy atom. The van der Waals surface area contributed by atoms with E-state index in [1.165, 1.54) is 36.3 Å². The lowest BCUT2D eigenvalue weighted by molar-refractivity contribution is -0.137. The second-order valence-corrected chi connectivity index (χ2v) is 9.58. The van der Waals surface area contributed by atoms with E-state index in [0.717, 1.165) is 36.6 Å². The van der Waals surface area contributed by atoms with Crippen molar-refractivity contribution in [3.8, 4) is 0 Å². The molecule has 1 aromatic carbocycles. The van der Waals surface area contributed by atoms with Crippen LogP contribution in [-0.4, -0.2) is 53.1 Å². The van der Waals surface area contributed by atoms with Gasteiger partial charge < -0.3 is 19.1 Å². The van der Waals surface area contributed by atoms with E-state index in [9.17, 15) is 14.0 Å². The number of hydrogen-bond acceptors (Lipinski definition) is 5. The molecule has 0 atom stereocenters. The van der Waals surface area contributed by atoms with E-state index in [2.05, 4.69) is 4.90 Å². The zero-order chi connectivity index (χ0) is 23.3. The molecular weight excluding hydrogens is 423 g/mol. The first-order valence-corrected chi connectivity index (χ1v) is 11.5. The van der Waals surface area contributed by atoms with E-state index in [0.29, 0.717) is 23.3 Å². The zero-order valence-corrected chi connectivity index (χ0v) is 19.4. The number of ether oxygens (including phenoxy) is 1. The van der Waals surface area contributed by atoms with Crippen molar-refractivity contribution in [1.82, 2.24) is 14.5 Å². The highest BCUT2D eigenvalue weighted by atomic mass is 19.1. The lowest BCUT2D eigenvalue weighted by atomic mass is 9.95. The van der Waals surface area contributed by atoms with Gasteiger partial charge in [0.1, 0.15) is 23.8 Å². The quantitative estimate of drug-likeness (QED) is 0.649. The molecule has 174 valence electrons. The minimum atomic E-state index is -0.512. The summed E-state index contributed by atoms with van der Waals surface area (Å²) in [5.41, 5.74) is 3.34. The molecule has 0 radical (unpaired) electrons. The minimum absolute atomic E-state index is 0.160. The van der Waals surface area contributed by atoms with Crippen molar-refractivity contribution in [2.24, 2.45) is 5.41 Å². The van der Waals surface area contributed by atoms with E-state index in [4.69, 9.17) is 9.72 Å². The third-order valence-electron chi connectivity index (χ3n) is 7.23. The van der Waals surface area contributed by atoms with Gasteiger partial charge in [-0.1, -0.05) is 6.07 Å². The van der Waals surface area contributed by atoms with Crippen molar-refractivity contribution in [2.45, 2.75) is 46.1 Å². The fourth-order valence-corrected chi connectivity index (χ4v) is 5.06. The van der Waals surface area contributed by atoms with Gasteiger partial charge in [0.05, 0.1) is 12.2 Å². The number of esters is 1. The van der Waals surface area contributed by atoms with Crippen LogP contribution in [-0.2, 0) is 16.1 Å². The van der Waals surface area contributed by atoms with E-state index in [1.807, 2.05) is 18.4 Å². The molecule has 1 aromatic heterocycles. The highest BCUT2D eigenvalue weighted by Crippen LogP contribution is 2.52. The summed E-state index contributed by atoms with van der Waals surface area (Å²) in [6.45, 7) is 6.03. The maximum absolute atomic E-state index is 14.1. The largest absolute Gasteiger partial charge is 0.457 e. The van der Waals surface area contributed by atoms with Crippen LogP contribution in [0, 0.1) is 25.1 Å². The van der Waals surface area contributed by atoms with Gasteiger partial charge >= 0.3 is 5.97 Å². The second kappa shape index (κ2) is 8.01. The SMILES string of the molecule is Cc1ccc(F)cc1Cn1c(N2CCCC3(CC3)C2)nc(C)c1C(=O)N(C)C1=CCOC1=O. The Kier molecular flexibility index (Phi) is 5.26. The lowest BCUT2D eigenvalue weighted by Gasteiger charge is -2.34. The van der Waals surface area contributed by atoms with Crippen LogP contribution in [0.4, 0.5) is 10.3 Å². The summed E-state index contributed by atoms with van der Waals surface area (Å²) in [5.74, 6) is -0.416. The lowest BCUT2D eigenvalue weighted by Crippen LogP contribution is -2.38. The number of anilines is 1. The van der Waals surface area contributed by atoms with E-state index >= 15 is 0 Å². The summed E-state index contributed by atoms with van der Waals surface area (Å²) in [6, 6.07) is 4.71. The third-order valence-corrected chi connectivity index (χ3v) is 7.23. The second-order valence-electron chi connectivity index (χ2n) is 9.58. The standard InChI is InChI=1S/C25H29FN4O3/c1-16-5-6-19(26)13-18(16)14-30-21(22(31)28(3)20-7-12-33-23(20)32)17(2)27-24(30)29-11-4-8-25(15-29)9-10-25/h5-7,13H,4,8-12,14-15H2,1-3H3. The number of hydrogen-bond donors (Lipinski definition) is 0. The van der Waals surface area contributed by atoms with Gasteiger partial charge in [-0.05, 0) is 74.3 Å². The molecule has 1 aliphatic carbocycles. The molecule has 1 saturated heterocycles. The highest BCUT2D eigenvalue weighted by molar-refractivity contribution is 6.01. The van der Waals surface area contributed by atoms with Crippen molar-refractivity contribution in [2.75, 3.05) is 31.6 Å². The number of piperidine rings is 1. The van der Waals surface area contributed by atoms with Crippen LogP contribution in [0.15, 0.2) is 30.0 Å². The number of rotatable bonds is 5. The molecule has 3 heterocycles. The Morgan fingerprint density at radius 1 is 1.27 bits per heavy atom. The highest BCUT2D eigenvalue weighted by Gasteiger charge is 2.46. The number of halogens is 1. The molecule has 1 spiro atoms. The van der Waals surface area contributed by atoms with Gasteiger partial charge in [-0.2, -0.15) is 0 Å². The first-order valence-electron chi connectivity index (χ1n) is 11.5. The molecular formula is C25H29FN4O3. The van der Waals surface area contributed by atoms with Crippen LogP contribution in [0.5, 0.6) is 0 Å². The Bertz CT molecular complexity index is 1160. The number of carbonyl (C=O) groups excluding carboxylic acids is 2. The summed E-state index contributed by atoms with van der Waals surface area (Å²) in [4.78, 5) is 34.1. The number of cyclic esters (lactones) is 1. The predicted molar refractivity (Wildman–Crippen MR) is 121 cm³/mol. The Morgan fingerprint density at radius 3 is 2.76 bits per heavy atom. The number of likely N-dealkylation sites (N-methyl/N-ethyl adjacent to an activating group) is 1. The van der Waals surface area contributed by atoms with Gasteiger partial charge in [-0.25, -0.2) is 14.2 Å². The maximum Gasteiger partial charge on any atom is 0.355 e. The number of carbonyl (C=O) groups is 2. The fourth-order valence-electron chi connectivity index (χ4n) is 5.06. The first-order chi connectivity index (χ1) is 15.8. The minimum Gasteiger partial charge on any atom is -0.457 e. The first kappa shape index (κ1) is 21.7. The van der Waals surface area contributed by atoms with Gasteiger partial charge in [-0.15, -0.1) is 0 Å². The third kappa shape index (κ3) is 3.92. The van der Waals surface area contributed by atoms with Crippen molar-refractivity contribution >= 4 is 17.8 Å². The topological polar surface area (TPSA) is 67.7 Å². The van der Waals surface area contributed by atoms with Crippen LogP contribution in [0.1, 0.15) is 53.0 Å². The van der Waals surface area contributed by atoms with Crippen LogP contribution in [0.2, 0.25) is 0 Å². The Labute approximate surface area is 192 Å². The molecule has 2 aromatic rings. The van der Waals surface area contributed by atoms with E-state index < -0.39 is 5.97 Å². The molecule has 8 heteroatoms. The summed E-state index contributed by atoms with van der Waals surface area (Å²) in [5, 5.41) is 0. The summed E-state index contributed by atoms with van der Waals surface area (Å²) in [7, 11) is 1.57. The average molecular weight is 453 g/mol. The predicted octanol–water partition coefficient (Wildman–Crippen LogP) is 3.58. The van der Waals surface area contributed by atoms with E-state index in [1.54, 1.807) is 19.2 Å². The average Bonchev–Trinajstić information content (AvgIpc) is 3.23. The van der Waals surface area contributed by atoms with Crippen LogP contribution >= 0.6 is 0 Å². The van der Waals surface area contributed by atoms with Crippen molar-refractivity contribution < 1.29 is 18.7 Å². The molecule has 2 fully saturated rings. The molecule has 0 unspecified atom stereocenters. The van der Waals surface area contributed by atoms with Gasteiger partial charge in [0.2, 0.25) is 5.95 Å². The van der Waals surface area contributed by atoms with Crippen molar-refractivity contribution in [3.05, 3.63) is 58.3 Å². The molecule has 1 saturated carbocycles. The molecule has 7 nitrogen and oxygen atoms in total. The van der Waals surface area contributed by atoms with Crippen LogP contribution < -0.4 is 4.90 Å². The van der Waals surface area contributed by atoms with Gasteiger partial charge in [0, 0.05) is 20.1 Å². The zero-order valence-electron chi connectivity index (χ0n) is 19.4. The Balaban J connectivity index is 1.57. The normalized spacial score (nSPS) is 19.0. The van der Waals surface area contributed by atoms with Crippen LogP contribution in [0.3, 0.4) is 0 Å². The summed E-state index contributed by atoms with van der Waals surface area (Å²) >= 11 is 0. The molecule has 5 rings (SSSR count). The number of aryl methyl sites for hydroxylation is 2. The smallest absolute Gasteiger partial charge is 0.355 e. The molecule has 0 bridgehead atoms. The Hall–Kier alpha value is -3.16. The summed E-state index contributed by atoms with van der Waals surface area (Å²) < 4.78 is 21.0. The molecule has 33 heavy (non-hydrogen) atoms. The van der Waals surface area contributed by atoms with Gasteiger partial charge in [-0.3, -0.25) is 4.79 Å². The molecule has 1 amide bonds. The fraction of sp³-hybridized carbons (Fsp3) is 0.480. The maximum atomic E-state index is 14.1. The molecule has 3 aliphatic rings. The molecule has 2 aliphatic heterocycles. The summed E-state index contributed by atoms with van der Waals surface area (Å²) in [6.07, 6.45) is 6.40. The van der Waals surface area contributed by atoms with Gasteiger partial charge in [0.15, 0.2) is 0 Å². The number of amides is 1. The number of imidazole rings is 1. The number of nitrogens with zero attached hydrogens (tertiary/aromatic N) is 4. The van der Waals surface area contributed by atoms with E-state index in [-0.39, 0.29) is 24.0 Å². The van der Waals surface area contributed by atoms with Crippen molar-refractivity contribution in [1.29, 1.82) is 0 Å². The monoisotopic (exact) mass is 452 g/mol. The number of aromatic nitrogens is 2. The van der Waals surface area contributed by atoms with Gasteiger partial charge in [0.25, 0.3) is 5.91 Å². The van der Waals surface area contributed by atoms with Crippen molar-refractivity contribution in [3.63, 3.8) is 0 Å². The molecule has 0 N–H and O–H groups in total.